The van der Waals surface area contributed by atoms with Crippen LogP contribution in [0.2, 0.25) is 0 Å². The summed E-state index contributed by atoms with van der Waals surface area (Å²) in [5.74, 6) is -0.227. The fourth-order valence-electron chi connectivity index (χ4n) is 2.48. The summed E-state index contributed by atoms with van der Waals surface area (Å²) in [4.78, 5) is 27.8. The van der Waals surface area contributed by atoms with Gasteiger partial charge in [-0.25, -0.2) is 4.98 Å². The van der Waals surface area contributed by atoms with Crippen LogP contribution < -0.4 is 15.4 Å². The number of hydrogen-bond donors (Lipinski definition) is 3. The van der Waals surface area contributed by atoms with Gasteiger partial charge in [0.15, 0.2) is 5.13 Å². The van der Waals surface area contributed by atoms with Crippen LogP contribution in [0.3, 0.4) is 0 Å². The minimum atomic E-state index is -0.452. The van der Waals surface area contributed by atoms with Crippen LogP contribution >= 0.6 is 11.3 Å². The standard InChI is InChI=1S/C20H19N3O4S/c1-12(24)21-10-13-3-5-14(6-4-13)17-11-28-20(22-17)23-19(26)16-8-7-15(27-2)9-18(16)25/h3-9,11,25H,10H2,1-2H3,(H,21,24)(H,22,23,26). The van der Waals surface area contributed by atoms with Gasteiger partial charge in [0.05, 0.1) is 18.4 Å². The van der Waals surface area contributed by atoms with E-state index in [1.165, 1.54) is 37.5 Å². The smallest absolute Gasteiger partial charge is 0.261 e. The molecule has 0 aliphatic heterocycles. The van der Waals surface area contributed by atoms with E-state index in [-0.39, 0.29) is 17.2 Å². The molecule has 1 heterocycles. The Morgan fingerprint density at radius 2 is 1.93 bits per heavy atom. The van der Waals surface area contributed by atoms with Crippen molar-refractivity contribution in [3.8, 4) is 22.8 Å². The van der Waals surface area contributed by atoms with Gasteiger partial charge in [-0.1, -0.05) is 24.3 Å². The predicted molar refractivity (Wildman–Crippen MR) is 108 cm³/mol. The Morgan fingerprint density at radius 3 is 2.57 bits per heavy atom. The summed E-state index contributed by atoms with van der Waals surface area (Å²) in [6.07, 6.45) is 0. The molecule has 1 aromatic heterocycles. The first-order valence-electron chi connectivity index (χ1n) is 8.44. The van der Waals surface area contributed by atoms with Gasteiger partial charge in [0.2, 0.25) is 5.91 Å². The fraction of sp³-hybridized carbons (Fsp3) is 0.150. The van der Waals surface area contributed by atoms with Crippen molar-refractivity contribution in [3.63, 3.8) is 0 Å². The molecule has 0 atom stereocenters. The highest BCUT2D eigenvalue weighted by Crippen LogP contribution is 2.27. The van der Waals surface area contributed by atoms with Gasteiger partial charge >= 0.3 is 0 Å². The van der Waals surface area contributed by atoms with Crippen molar-refractivity contribution in [1.82, 2.24) is 10.3 Å². The van der Waals surface area contributed by atoms with Crippen LogP contribution in [0.1, 0.15) is 22.8 Å². The summed E-state index contributed by atoms with van der Waals surface area (Å²) in [5, 5.41) is 17.7. The van der Waals surface area contributed by atoms with Gasteiger partial charge < -0.3 is 15.2 Å². The second-order valence-electron chi connectivity index (χ2n) is 5.98. The largest absolute Gasteiger partial charge is 0.507 e. The number of ether oxygens (including phenoxy) is 1. The lowest BCUT2D eigenvalue weighted by Crippen LogP contribution is -2.18. The molecule has 0 aliphatic carbocycles. The maximum Gasteiger partial charge on any atom is 0.261 e. The average molecular weight is 397 g/mol. The number of amides is 2. The summed E-state index contributed by atoms with van der Waals surface area (Å²) in [5.41, 5.74) is 2.75. The maximum absolute atomic E-state index is 12.4. The molecule has 28 heavy (non-hydrogen) atoms. The van der Waals surface area contributed by atoms with E-state index < -0.39 is 5.91 Å². The number of aromatic hydroxyl groups is 1. The SMILES string of the molecule is COc1ccc(C(=O)Nc2nc(-c3ccc(CNC(C)=O)cc3)cs2)c(O)c1. The van der Waals surface area contributed by atoms with E-state index >= 15 is 0 Å². The number of aromatic nitrogens is 1. The third-order valence-electron chi connectivity index (χ3n) is 3.97. The third kappa shape index (κ3) is 4.66. The Balaban J connectivity index is 1.68. The van der Waals surface area contributed by atoms with E-state index in [1.807, 2.05) is 29.6 Å². The number of nitrogens with zero attached hydrogens (tertiary/aromatic N) is 1. The lowest BCUT2D eigenvalue weighted by molar-refractivity contribution is -0.119. The van der Waals surface area contributed by atoms with Crippen LogP contribution in [-0.4, -0.2) is 29.0 Å². The van der Waals surface area contributed by atoms with Gasteiger partial charge in [0.25, 0.3) is 5.91 Å². The number of carbonyl (C=O) groups is 2. The molecule has 3 N–H and O–H groups in total. The summed E-state index contributed by atoms with van der Waals surface area (Å²) in [6.45, 7) is 1.95. The van der Waals surface area contributed by atoms with Crippen molar-refractivity contribution in [2.24, 2.45) is 0 Å². The lowest BCUT2D eigenvalue weighted by atomic mass is 10.1. The van der Waals surface area contributed by atoms with Gasteiger partial charge in [-0.05, 0) is 17.7 Å². The quantitative estimate of drug-likeness (QED) is 0.592. The number of phenols is 1. The Hall–Kier alpha value is -3.39. The van der Waals surface area contributed by atoms with Gasteiger partial charge in [-0.2, -0.15) is 0 Å². The number of phenolic OH excluding ortho intramolecular Hbond substituents is 1. The van der Waals surface area contributed by atoms with Gasteiger partial charge in [-0.15, -0.1) is 11.3 Å². The number of rotatable bonds is 6. The molecule has 0 saturated carbocycles. The van der Waals surface area contributed by atoms with Crippen molar-refractivity contribution in [2.45, 2.75) is 13.5 Å². The number of anilines is 1. The van der Waals surface area contributed by atoms with E-state index in [0.717, 1.165) is 16.8 Å². The molecule has 0 saturated heterocycles. The average Bonchev–Trinajstić information content (AvgIpc) is 3.14. The van der Waals surface area contributed by atoms with Crippen molar-refractivity contribution in [3.05, 3.63) is 59.0 Å². The zero-order chi connectivity index (χ0) is 20.1. The second kappa shape index (κ2) is 8.53. The molecular formula is C20H19N3O4S. The molecule has 7 nitrogen and oxygen atoms in total. The van der Waals surface area contributed by atoms with Crippen LogP contribution in [0.5, 0.6) is 11.5 Å². The molecule has 0 radical (unpaired) electrons. The first-order chi connectivity index (χ1) is 13.5. The van der Waals surface area contributed by atoms with E-state index in [4.69, 9.17) is 4.74 Å². The van der Waals surface area contributed by atoms with Crippen LogP contribution in [0.25, 0.3) is 11.3 Å². The normalized spacial score (nSPS) is 10.4. The fourth-order valence-corrected chi connectivity index (χ4v) is 3.19. The summed E-state index contributed by atoms with van der Waals surface area (Å²) >= 11 is 1.29. The topological polar surface area (TPSA) is 101 Å². The molecule has 0 fully saturated rings. The van der Waals surface area contributed by atoms with E-state index in [2.05, 4.69) is 15.6 Å². The second-order valence-corrected chi connectivity index (χ2v) is 6.84. The number of thiazole rings is 1. The lowest BCUT2D eigenvalue weighted by Gasteiger charge is -2.06. The molecule has 2 amide bonds. The minimum Gasteiger partial charge on any atom is -0.507 e. The third-order valence-corrected chi connectivity index (χ3v) is 4.72. The summed E-state index contributed by atoms with van der Waals surface area (Å²) < 4.78 is 5.01. The first kappa shape index (κ1) is 19.4. The Labute approximate surface area is 166 Å². The molecule has 3 aromatic rings. The molecule has 8 heteroatoms. The monoisotopic (exact) mass is 397 g/mol. The Bertz CT molecular complexity index is 999. The molecule has 0 aliphatic rings. The summed E-state index contributed by atoms with van der Waals surface area (Å²) in [6, 6.07) is 12.1. The highest BCUT2D eigenvalue weighted by atomic mass is 32.1. The zero-order valence-electron chi connectivity index (χ0n) is 15.4. The maximum atomic E-state index is 12.4. The van der Waals surface area contributed by atoms with Crippen molar-refractivity contribution in [1.29, 1.82) is 0 Å². The minimum absolute atomic E-state index is 0.0770. The Morgan fingerprint density at radius 1 is 1.18 bits per heavy atom. The number of carbonyl (C=O) groups excluding carboxylic acids is 2. The molecule has 3 rings (SSSR count). The van der Waals surface area contributed by atoms with Crippen molar-refractivity contribution in [2.75, 3.05) is 12.4 Å². The molecule has 0 bridgehead atoms. The first-order valence-corrected chi connectivity index (χ1v) is 9.32. The van der Waals surface area contributed by atoms with E-state index in [9.17, 15) is 14.7 Å². The number of hydrogen-bond acceptors (Lipinski definition) is 6. The van der Waals surface area contributed by atoms with E-state index in [1.54, 1.807) is 6.07 Å². The van der Waals surface area contributed by atoms with Crippen LogP contribution in [0.4, 0.5) is 5.13 Å². The van der Waals surface area contributed by atoms with E-state index in [0.29, 0.717) is 17.4 Å². The number of nitrogens with one attached hydrogen (secondary N) is 2. The molecular weight excluding hydrogens is 378 g/mol. The van der Waals surface area contributed by atoms with Gasteiger partial charge in [0.1, 0.15) is 11.5 Å². The highest BCUT2D eigenvalue weighted by Gasteiger charge is 2.14. The van der Waals surface area contributed by atoms with Gasteiger partial charge in [0, 0.05) is 30.5 Å². The molecule has 0 spiro atoms. The molecule has 0 unspecified atom stereocenters. The zero-order valence-corrected chi connectivity index (χ0v) is 16.2. The number of methoxy groups -OCH3 is 1. The predicted octanol–water partition coefficient (Wildman–Crippen LogP) is 3.41. The van der Waals surface area contributed by atoms with Crippen molar-refractivity contribution >= 4 is 28.3 Å². The van der Waals surface area contributed by atoms with Crippen LogP contribution in [-0.2, 0) is 11.3 Å². The number of benzene rings is 2. The summed E-state index contributed by atoms with van der Waals surface area (Å²) in [7, 11) is 1.48. The highest BCUT2D eigenvalue weighted by molar-refractivity contribution is 7.14. The Kier molecular flexibility index (Phi) is 5.90. The van der Waals surface area contributed by atoms with Crippen LogP contribution in [0, 0.1) is 0 Å². The van der Waals surface area contributed by atoms with Crippen LogP contribution in [0.15, 0.2) is 47.8 Å². The van der Waals surface area contributed by atoms with Crippen molar-refractivity contribution < 1.29 is 19.4 Å². The molecule has 2 aromatic carbocycles. The van der Waals surface area contributed by atoms with Gasteiger partial charge in [-0.3, -0.25) is 14.9 Å². The molecule has 144 valence electrons.